The molecule has 28 heavy (non-hydrogen) atoms. The summed E-state index contributed by atoms with van der Waals surface area (Å²) in [5, 5.41) is 20.6. The maximum atomic E-state index is 11.6. The Morgan fingerprint density at radius 1 is 1.00 bits per heavy atom. The number of carbonyl (C=O) groups is 1. The summed E-state index contributed by atoms with van der Waals surface area (Å²) >= 11 is 0. The van der Waals surface area contributed by atoms with Gasteiger partial charge in [-0.25, -0.2) is 4.79 Å². The van der Waals surface area contributed by atoms with Crippen LogP contribution in [0.1, 0.15) is 69.4 Å². The third kappa shape index (κ3) is 4.16. The van der Waals surface area contributed by atoms with E-state index in [0.29, 0.717) is 17.5 Å². The molecule has 2 N–H and O–H groups in total. The van der Waals surface area contributed by atoms with Crippen molar-refractivity contribution in [2.45, 2.75) is 59.8 Å². The van der Waals surface area contributed by atoms with Gasteiger partial charge in [0.2, 0.25) is 0 Å². The van der Waals surface area contributed by atoms with E-state index in [1.807, 2.05) is 19.1 Å². The predicted octanol–water partition coefficient (Wildman–Crippen LogP) is 5.85. The molecular formula is C24H33NO3. The molecule has 0 aliphatic carbocycles. The highest BCUT2D eigenvalue weighted by Gasteiger charge is 2.26. The van der Waals surface area contributed by atoms with Gasteiger partial charge >= 0.3 is 5.97 Å². The Labute approximate surface area is 168 Å². The monoisotopic (exact) mass is 383 g/mol. The molecule has 4 heteroatoms. The number of hydrogen-bond donors (Lipinski definition) is 2. The summed E-state index contributed by atoms with van der Waals surface area (Å²) < 4.78 is 0. The van der Waals surface area contributed by atoms with Crippen molar-refractivity contribution in [2.24, 2.45) is 0 Å². The fourth-order valence-electron chi connectivity index (χ4n) is 3.80. The summed E-state index contributed by atoms with van der Waals surface area (Å²) in [6, 6.07) is 9.55. The third-order valence-corrected chi connectivity index (χ3v) is 5.23. The number of phenols is 1. The maximum absolute atomic E-state index is 11.6. The van der Waals surface area contributed by atoms with E-state index in [9.17, 15) is 15.0 Å². The second kappa shape index (κ2) is 8.68. The standard InChI is InChI=1S/C24H33NO3/c1-7-11-17-19(23(27)28)15-14-18(22(17)26)16-12-10-13-20(24(4,5)6)21(16)25(8-2)9-3/h10,12-15,26H,7-9,11H2,1-6H3,(H,27,28). The van der Waals surface area contributed by atoms with Crippen LogP contribution in [-0.2, 0) is 11.8 Å². The summed E-state index contributed by atoms with van der Waals surface area (Å²) in [7, 11) is 0. The number of phenolic OH excluding ortho intramolecular Hbond substituents is 1. The lowest BCUT2D eigenvalue weighted by molar-refractivity contribution is 0.0695. The lowest BCUT2D eigenvalue weighted by Gasteiger charge is -2.32. The number of hydrogen-bond acceptors (Lipinski definition) is 3. The van der Waals surface area contributed by atoms with Gasteiger partial charge < -0.3 is 15.1 Å². The Balaban J connectivity index is 2.85. The largest absolute Gasteiger partial charge is 0.507 e. The molecule has 0 amide bonds. The fraction of sp³-hybridized carbons (Fsp3) is 0.458. The van der Waals surface area contributed by atoms with Crippen LogP contribution in [0, 0.1) is 0 Å². The normalized spacial score (nSPS) is 11.5. The quantitative estimate of drug-likeness (QED) is 0.629. The van der Waals surface area contributed by atoms with Crippen molar-refractivity contribution >= 4 is 11.7 Å². The van der Waals surface area contributed by atoms with E-state index in [1.54, 1.807) is 12.1 Å². The Hall–Kier alpha value is -2.49. The molecule has 0 fully saturated rings. The van der Waals surface area contributed by atoms with Crippen molar-refractivity contribution in [3.63, 3.8) is 0 Å². The highest BCUT2D eigenvalue weighted by Crippen LogP contribution is 2.44. The van der Waals surface area contributed by atoms with Crippen LogP contribution in [0.2, 0.25) is 0 Å². The van der Waals surface area contributed by atoms with Gasteiger partial charge in [-0.05, 0) is 43.4 Å². The van der Waals surface area contributed by atoms with Crippen molar-refractivity contribution in [3.05, 3.63) is 47.0 Å². The van der Waals surface area contributed by atoms with E-state index >= 15 is 0 Å². The van der Waals surface area contributed by atoms with Gasteiger partial charge in [0.25, 0.3) is 0 Å². The van der Waals surface area contributed by atoms with Crippen LogP contribution in [0.25, 0.3) is 11.1 Å². The van der Waals surface area contributed by atoms with Crippen LogP contribution >= 0.6 is 0 Å². The molecule has 0 spiro atoms. The number of carboxylic acid groups (broad SMARTS) is 1. The summed E-state index contributed by atoms with van der Waals surface area (Å²) in [6.07, 6.45) is 1.29. The predicted molar refractivity (Wildman–Crippen MR) is 117 cm³/mol. The molecule has 0 atom stereocenters. The first-order chi connectivity index (χ1) is 13.2. The lowest BCUT2D eigenvalue weighted by Crippen LogP contribution is -2.27. The zero-order valence-corrected chi connectivity index (χ0v) is 18.0. The Kier molecular flexibility index (Phi) is 6.76. The second-order valence-corrected chi connectivity index (χ2v) is 8.17. The average Bonchev–Trinajstić information content (AvgIpc) is 2.63. The average molecular weight is 384 g/mol. The zero-order valence-electron chi connectivity index (χ0n) is 18.0. The van der Waals surface area contributed by atoms with Gasteiger partial charge in [-0.1, -0.05) is 52.3 Å². The number of anilines is 1. The van der Waals surface area contributed by atoms with E-state index in [0.717, 1.165) is 30.8 Å². The Bertz CT molecular complexity index is 846. The van der Waals surface area contributed by atoms with Crippen LogP contribution in [0.4, 0.5) is 5.69 Å². The molecule has 0 bridgehead atoms. The second-order valence-electron chi connectivity index (χ2n) is 8.17. The van der Waals surface area contributed by atoms with Crippen LogP contribution in [-0.4, -0.2) is 29.3 Å². The van der Waals surface area contributed by atoms with Crippen molar-refractivity contribution in [3.8, 4) is 16.9 Å². The third-order valence-electron chi connectivity index (χ3n) is 5.23. The minimum Gasteiger partial charge on any atom is -0.507 e. The summed E-state index contributed by atoms with van der Waals surface area (Å²) in [5.74, 6) is -0.918. The molecule has 0 heterocycles. The highest BCUT2D eigenvalue weighted by atomic mass is 16.4. The number of aromatic carboxylic acids is 1. The van der Waals surface area contributed by atoms with Gasteiger partial charge in [-0.2, -0.15) is 0 Å². The van der Waals surface area contributed by atoms with Gasteiger partial charge in [0, 0.05) is 35.5 Å². The van der Waals surface area contributed by atoms with Gasteiger partial charge in [-0.3, -0.25) is 0 Å². The van der Waals surface area contributed by atoms with E-state index in [-0.39, 0.29) is 16.7 Å². The van der Waals surface area contributed by atoms with Crippen molar-refractivity contribution in [2.75, 3.05) is 18.0 Å². The Morgan fingerprint density at radius 2 is 1.64 bits per heavy atom. The minimum absolute atomic E-state index is 0.0587. The van der Waals surface area contributed by atoms with Crippen LogP contribution < -0.4 is 4.90 Å². The van der Waals surface area contributed by atoms with Crippen molar-refractivity contribution < 1.29 is 15.0 Å². The number of para-hydroxylation sites is 1. The van der Waals surface area contributed by atoms with Gasteiger partial charge in [0.15, 0.2) is 0 Å². The molecule has 0 aromatic heterocycles. The number of carboxylic acids is 1. The van der Waals surface area contributed by atoms with E-state index in [1.165, 1.54) is 5.56 Å². The molecule has 0 saturated heterocycles. The van der Waals surface area contributed by atoms with Crippen molar-refractivity contribution in [1.82, 2.24) is 0 Å². The van der Waals surface area contributed by atoms with Gasteiger partial charge in [-0.15, -0.1) is 0 Å². The lowest BCUT2D eigenvalue weighted by atomic mass is 9.82. The number of rotatable bonds is 7. The Morgan fingerprint density at radius 3 is 2.14 bits per heavy atom. The van der Waals surface area contributed by atoms with Crippen molar-refractivity contribution in [1.29, 1.82) is 0 Å². The topological polar surface area (TPSA) is 60.8 Å². The molecule has 0 aliphatic heterocycles. The molecule has 0 saturated carbocycles. The molecule has 2 aromatic carbocycles. The van der Waals surface area contributed by atoms with E-state index in [4.69, 9.17) is 0 Å². The summed E-state index contributed by atoms with van der Waals surface area (Å²) in [4.78, 5) is 13.9. The summed E-state index contributed by atoms with van der Waals surface area (Å²) in [6.45, 7) is 14.5. The zero-order chi connectivity index (χ0) is 21.1. The first-order valence-corrected chi connectivity index (χ1v) is 10.1. The molecular weight excluding hydrogens is 350 g/mol. The fourth-order valence-corrected chi connectivity index (χ4v) is 3.80. The molecule has 2 aromatic rings. The smallest absolute Gasteiger partial charge is 0.336 e. The maximum Gasteiger partial charge on any atom is 0.336 e. The van der Waals surface area contributed by atoms with Crippen LogP contribution in [0.3, 0.4) is 0 Å². The van der Waals surface area contributed by atoms with Crippen LogP contribution in [0.15, 0.2) is 30.3 Å². The molecule has 4 nitrogen and oxygen atoms in total. The number of aromatic hydroxyl groups is 1. The first kappa shape index (κ1) is 21.8. The molecule has 0 radical (unpaired) electrons. The van der Waals surface area contributed by atoms with E-state index in [2.05, 4.69) is 45.6 Å². The SMILES string of the molecule is CCCc1c(C(=O)O)ccc(-c2cccc(C(C)(C)C)c2N(CC)CC)c1O. The first-order valence-electron chi connectivity index (χ1n) is 10.1. The highest BCUT2D eigenvalue weighted by molar-refractivity contribution is 5.94. The minimum atomic E-state index is -1.00. The molecule has 152 valence electrons. The van der Waals surface area contributed by atoms with Gasteiger partial charge in [0.1, 0.15) is 5.75 Å². The summed E-state index contributed by atoms with van der Waals surface area (Å²) in [5.41, 5.74) is 4.60. The van der Waals surface area contributed by atoms with Crippen LogP contribution in [0.5, 0.6) is 5.75 Å². The number of nitrogens with zero attached hydrogens (tertiary/aromatic N) is 1. The number of benzene rings is 2. The van der Waals surface area contributed by atoms with Gasteiger partial charge in [0.05, 0.1) is 5.56 Å². The molecule has 0 aliphatic rings. The molecule has 0 unspecified atom stereocenters. The van der Waals surface area contributed by atoms with E-state index < -0.39 is 5.97 Å². The molecule has 2 rings (SSSR count).